The van der Waals surface area contributed by atoms with Gasteiger partial charge in [-0.25, -0.2) is 17.5 Å². The Bertz CT molecular complexity index is 1170. The van der Waals surface area contributed by atoms with Crippen molar-refractivity contribution >= 4 is 27.6 Å². The first-order chi connectivity index (χ1) is 13.4. The third-order valence-corrected chi connectivity index (χ3v) is 5.77. The SMILES string of the molecule is O=C(/C=C\c1ccccc1)Nc1c2c(nn1-c1ccc(F)cc1)CS(=O)(=O)C2. The molecule has 1 aliphatic rings. The first-order valence-electron chi connectivity index (χ1n) is 8.52. The van der Waals surface area contributed by atoms with Gasteiger partial charge < -0.3 is 5.32 Å². The average Bonchev–Trinajstić information content (AvgIpc) is 3.14. The lowest BCUT2D eigenvalue weighted by molar-refractivity contribution is -0.111. The summed E-state index contributed by atoms with van der Waals surface area (Å²) in [7, 11) is -3.29. The van der Waals surface area contributed by atoms with E-state index in [1.165, 1.54) is 35.0 Å². The minimum atomic E-state index is -3.29. The van der Waals surface area contributed by atoms with Gasteiger partial charge in [-0.05, 0) is 35.9 Å². The standard InChI is InChI=1S/C20H16FN3O3S/c21-15-7-9-16(10-8-15)24-20(17-12-28(26,27)13-18(17)23-24)22-19(25)11-6-14-4-2-1-3-5-14/h1-11H,12-13H2,(H,22,25)/b11-6-. The molecule has 0 spiro atoms. The van der Waals surface area contributed by atoms with E-state index in [-0.39, 0.29) is 17.3 Å². The summed E-state index contributed by atoms with van der Waals surface area (Å²) in [5.41, 5.74) is 2.24. The van der Waals surface area contributed by atoms with E-state index in [9.17, 15) is 17.6 Å². The van der Waals surface area contributed by atoms with Crippen LogP contribution in [0.3, 0.4) is 0 Å². The highest BCUT2D eigenvalue weighted by atomic mass is 32.2. The highest BCUT2D eigenvalue weighted by molar-refractivity contribution is 7.90. The summed E-state index contributed by atoms with van der Waals surface area (Å²) in [5.74, 6) is -0.909. The van der Waals surface area contributed by atoms with E-state index < -0.39 is 21.6 Å². The Hall–Kier alpha value is -3.26. The van der Waals surface area contributed by atoms with Gasteiger partial charge in [0.05, 0.1) is 22.9 Å². The molecule has 3 aromatic rings. The fourth-order valence-corrected chi connectivity index (χ4v) is 4.53. The molecule has 142 valence electrons. The number of aromatic nitrogens is 2. The number of anilines is 1. The first-order valence-corrected chi connectivity index (χ1v) is 10.3. The van der Waals surface area contributed by atoms with Crippen molar-refractivity contribution < 1.29 is 17.6 Å². The summed E-state index contributed by atoms with van der Waals surface area (Å²) >= 11 is 0. The maximum absolute atomic E-state index is 13.3. The van der Waals surface area contributed by atoms with Crippen molar-refractivity contribution in [2.24, 2.45) is 0 Å². The number of nitrogens with one attached hydrogen (secondary N) is 1. The lowest BCUT2D eigenvalue weighted by atomic mass is 10.2. The Morgan fingerprint density at radius 3 is 2.50 bits per heavy atom. The third-order valence-electron chi connectivity index (χ3n) is 4.33. The van der Waals surface area contributed by atoms with Crippen LogP contribution >= 0.6 is 0 Å². The second-order valence-electron chi connectivity index (χ2n) is 6.43. The van der Waals surface area contributed by atoms with E-state index in [0.717, 1.165) is 5.56 Å². The van der Waals surface area contributed by atoms with Crippen molar-refractivity contribution in [1.82, 2.24) is 9.78 Å². The van der Waals surface area contributed by atoms with E-state index in [1.54, 1.807) is 6.08 Å². The van der Waals surface area contributed by atoms with Crippen molar-refractivity contribution in [3.05, 3.63) is 83.3 Å². The van der Waals surface area contributed by atoms with Crippen LogP contribution in [0, 0.1) is 5.82 Å². The number of fused-ring (bicyclic) bond motifs is 1. The van der Waals surface area contributed by atoms with E-state index in [4.69, 9.17) is 0 Å². The number of carbonyl (C=O) groups is 1. The Morgan fingerprint density at radius 2 is 1.79 bits per heavy atom. The zero-order valence-corrected chi connectivity index (χ0v) is 15.5. The van der Waals surface area contributed by atoms with E-state index in [1.807, 2.05) is 30.3 Å². The molecule has 1 aliphatic heterocycles. The number of sulfone groups is 1. The average molecular weight is 397 g/mol. The highest BCUT2D eigenvalue weighted by Crippen LogP contribution is 2.33. The molecule has 0 unspecified atom stereocenters. The molecule has 0 bridgehead atoms. The van der Waals surface area contributed by atoms with Gasteiger partial charge >= 0.3 is 0 Å². The normalized spacial score (nSPS) is 14.9. The van der Waals surface area contributed by atoms with Crippen LogP contribution in [-0.4, -0.2) is 24.1 Å². The summed E-state index contributed by atoms with van der Waals surface area (Å²) in [5, 5.41) is 7.06. The molecule has 0 saturated carbocycles. The molecule has 2 heterocycles. The highest BCUT2D eigenvalue weighted by Gasteiger charge is 2.33. The quantitative estimate of drug-likeness (QED) is 0.686. The van der Waals surface area contributed by atoms with Crippen LogP contribution in [0.1, 0.15) is 16.8 Å². The number of benzene rings is 2. The summed E-state index contributed by atoms with van der Waals surface area (Å²) in [6, 6.07) is 14.9. The van der Waals surface area contributed by atoms with Gasteiger partial charge in [0.15, 0.2) is 9.84 Å². The van der Waals surface area contributed by atoms with E-state index in [0.29, 0.717) is 16.9 Å². The molecular formula is C20H16FN3O3S. The van der Waals surface area contributed by atoms with Gasteiger partial charge in [0, 0.05) is 11.6 Å². The van der Waals surface area contributed by atoms with Crippen LogP contribution in [-0.2, 0) is 26.1 Å². The molecule has 0 radical (unpaired) electrons. The van der Waals surface area contributed by atoms with Gasteiger partial charge in [0.25, 0.3) is 0 Å². The number of carbonyl (C=O) groups excluding carboxylic acids is 1. The second kappa shape index (κ2) is 7.05. The van der Waals surface area contributed by atoms with Crippen LogP contribution in [0.15, 0.2) is 60.7 Å². The molecule has 8 heteroatoms. The lowest BCUT2D eigenvalue weighted by Crippen LogP contribution is -2.14. The Balaban J connectivity index is 1.68. The predicted octanol–water partition coefficient (Wildman–Crippen LogP) is 3.09. The Labute approximate surface area is 161 Å². The van der Waals surface area contributed by atoms with Gasteiger partial charge in [-0.1, -0.05) is 30.3 Å². The van der Waals surface area contributed by atoms with Crippen LogP contribution in [0.2, 0.25) is 0 Å². The minimum absolute atomic E-state index is 0.181. The fraction of sp³-hybridized carbons (Fsp3) is 0.100. The number of hydrogen-bond donors (Lipinski definition) is 1. The predicted molar refractivity (Wildman–Crippen MR) is 104 cm³/mol. The maximum Gasteiger partial charge on any atom is 0.249 e. The molecule has 6 nitrogen and oxygen atoms in total. The van der Waals surface area contributed by atoms with Crippen LogP contribution in [0.25, 0.3) is 11.8 Å². The zero-order valence-electron chi connectivity index (χ0n) is 14.7. The second-order valence-corrected chi connectivity index (χ2v) is 8.49. The number of amides is 1. The number of hydrogen-bond acceptors (Lipinski definition) is 4. The van der Waals surface area contributed by atoms with E-state index >= 15 is 0 Å². The van der Waals surface area contributed by atoms with Crippen LogP contribution < -0.4 is 5.32 Å². The molecule has 0 fully saturated rings. The van der Waals surface area contributed by atoms with Crippen molar-refractivity contribution in [2.75, 3.05) is 5.32 Å². The van der Waals surface area contributed by atoms with Gasteiger partial charge in [-0.15, -0.1) is 0 Å². The fourth-order valence-electron chi connectivity index (χ4n) is 3.03. The van der Waals surface area contributed by atoms with Crippen molar-refractivity contribution in [3.63, 3.8) is 0 Å². The van der Waals surface area contributed by atoms with Gasteiger partial charge in [-0.2, -0.15) is 5.10 Å². The van der Waals surface area contributed by atoms with E-state index in [2.05, 4.69) is 10.4 Å². The summed E-state index contributed by atoms with van der Waals surface area (Å²) in [4.78, 5) is 12.4. The molecule has 1 aromatic heterocycles. The number of rotatable bonds is 4. The number of nitrogens with zero attached hydrogens (tertiary/aromatic N) is 2. The largest absolute Gasteiger partial charge is 0.307 e. The molecule has 0 atom stereocenters. The van der Waals surface area contributed by atoms with Crippen molar-refractivity contribution in [1.29, 1.82) is 0 Å². The van der Waals surface area contributed by atoms with Gasteiger partial charge in [-0.3, -0.25) is 4.79 Å². The van der Waals surface area contributed by atoms with Crippen molar-refractivity contribution in [2.45, 2.75) is 11.5 Å². The minimum Gasteiger partial charge on any atom is -0.307 e. The zero-order chi connectivity index (χ0) is 19.7. The number of halogens is 1. The smallest absolute Gasteiger partial charge is 0.249 e. The summed E-state index contributed by atoms with van der Waals surface area (Å²) in [6.45, 7) is 0. The van der Waals surface area contributed by atoms with Gasteiger partial charge in [0.2, 0.25) is 5.91 Å². The molecule has 1 N–H and O–H groups in total. The Kier molecular flexibility index (Phi) is 4.56. The molecule has 28 heavy (non-hydrogen) atoms. The molecule has 4 rings (SSSR count). The molecule has 0 aliphatic carbocycles. The van der Waals surface area contributed by atoms with Crippen LogP contribution in [0.5, 0.6) is 0 Å². The maximum atomic E-state index is 13.3. The Morgan fingerprint density at radius 1 is 1.07 bits per heavy atom. The van der Waals surface area contributed by atoms with Crippen LogP contribution in [0.4, 0.5) is 10.2 Å². The van der Waals surface area contributed by atoms with Gasteiger partial charge in [0.1, 0.15) is 11.6 Å². The molecule has 2 aromatic carbocycles. The van der Waals surface area contributed by atoms with Crippen molar-refractivity contribution in [3.8, 4) is 5.69 Å². The molecular weight excluding hydrogens is 381 g/mol. The molecule has 1 amide bonds. The molecule has 0 saturated heterocycles. The third kappa shape index (κ3) is 3.72. The summed E-state index contributed by atoms with van der Waals surface area (Å²) in [6.07, 6.45) is 3.03. The monoisotopic (exact) mass is 397 g/mol. The topological polar surface area (TPSA) is 81.1 Å². The lowest BCUT2D eigenvalue weighted by Gasteiger charge is -2.10. The summed E-state index contributed by atoms with van der Waals surface area (Å²) < 4.78 is 38.6. The first kappa shape index (κ1) is 18.1.